The number of nitrogens with zero attached hydrogens (tertiary/aromatic N) is 1. The first-order valence-corrected chi connectivity index (χ1v) is 11.3. The van der Waals surface area contributed by atoms with Gasteiger partial charge < -0.3 is 4.84 Å². The largest absolute Gasteiger partial charge is 0.435 e. The van der Waals surface area contributed by atoms with E-state index in [9.17, 15) is 22.4 Å². The van der Waals surface area contributed by atoms with Crippen LogP contribution in [0.4, 0.5) is 23.2 Å². The van der Waals surface area contributed by atoms with Crippen LogP contribution in [0.25, 0.3) is 0 Å². The molecule has 5 nitrogen and oxygen atoms in total. The molecule has 0 saturated heterocycles. The van der Waals surface area contributed by atoms with Crippen LogP contribution in [0.3, 0.4) is 0 Å². The van der Waals surface area contributed by atoms with E-state index >= 15 is 0 Å². The quantitative estimate of drug-likeness (QED) is 0.170. The monoisotopic (exact) mass is 577 g/mol. The van der Waals surface area contributed by atoms with Crippen molar-refractivity contribution in [3.8, 4) is 0 Å². The Morgan fingerprint density at radius 2 is 1.71 bits per heavy atom. The minimum absolute atomic E-state index is 0.0590. The molecule has 4 rings (SSSR count). The van der Waals surface area contributed by atoms with E-state index in [0.717, 1.165) is 12.1 Å². The molecule has 0 radical (unpaired) electrons. The van der Waals surface area contributed by atoms with Crippen LogP contribution in [0, 0.1) is 5.92 Å². The molecule has 1 saturated carbocycles. The van der Waals surface area contributed by atoms with E-state index < -0.39 is 35.2 Å². The molecule has 0 spiro atoms. The summed E-state index contributed by atoms with van der Waals surface area (Å²) >= 11 is 29.3. The number of nitrogens with one attached hydrogen (secondary N) is 2. The second-order valence-corrected chi connectivity index (χ2v) is 9.94. The van der Waals surface area contributed by atoms with Gasteiger partial charge in [-0.25, -0.2) is 4.39 Å². The van der Waals surface area contributed by atoms with Gasteiger partial charge in [0.05, 0.1) is 37.4 Å². The summed E-state index contributed by atoms with van der Waals surface area (Å²) < 4.78 is 56.1. The maximum Gasteiger partial charge on any atom is 0.435 e. The smallest absolute Gasteiger partial charge is 0.374 e. The van der Waals surface area contributed by atoms with Crippen molar-refractivity contribution in [2.24, 2.45) is 11.1 Å². The summed E-state index contributed by atoms with van der Waals surface area (Å²) in [6.07, 6.45) is -5.75. The molecule has 14 heteroatoms. The van der Waals surface area contributed by atoms with Gasteiger partial charge in [-0.15, -0.1) is 0 Å². The number of benzene rings is 2. The molecule has 1 heterocycles. The molecular formula is C20H12Cl5F4N3O2. The Hall–Kier alpha value is -1.65. The van der Waals surface area contributed by atoms with Crippen molar-refractivity contribution in [1.29, 1.82) is 0 Å². The van der Waals surface area contributed by atoms with Gasteiger partial charge in [-0.2, -0.15) is 13.2 Å². The van der Waals surface area contributed by atoms with E-state index in [2.05, 4.69) is 16.0 Å². The third-order valence-corrected chi connectivity index (χ3v) is 7.34. The Labute approximate surface area is 215 Å². The third-order valence-electron chi connectivity index (χ3n) is 5.40. The van der Waals surface area contributed by atoms with E-state index in [1.165, 1.54) is 18.2 Å². The van der Waals surface area contributed by atoms with Crippen molar-refractivity contribution < 1.29 is 27.2 Å². The molecule has 1 aliphatic carbocycles. The van der Waals surface area contributed by atoms with Crippen LogP contribution in [0.15, 0.2) is 35.5 Å². The van der Waals surface area contributed by atoms with E-state index in [4.69, 9.17) is 62.8 Å². The van der Waals surface area contributed by atoms with Gasteiger partial charge in [0.2, 0.25) is 5.91 Å². The van der Waals surface area contributed by atoms with Gasteiger partial charge in [0.15, 0.2) is 5.13 Å². The second kappa shape index (κ2) is 8.78. The predicted octanol–water partition coefficient (Wildman–Crippen LogP) is 7.25. The van der Waals surface area contributed by atoms with E-state index in [0.29, 0.717) is 0 Å². The number of alkyl halides is 5. The molecule has 2 aliphatic rings. The summed E-state index contributed by atoms with van der Waals surface area (Å²) in [7, 11) is 0. The van der Waals surface area contributed by atoms with Crippen molar-refractivity contribution in [3.05, 3.63) is 61.5 Å². The number of halogens is 9. The number of oxime groups is 1. The highest BCUT2D eigenvalue weighted by molar-refractivity contribution is 6.48. The van der Waals surface area contributed by atoms with Gasteiger partial charge in [-0.05, 0) is 24.3 Å². The van der Waals surface area contributed by atoms with E-state index in [1.54, 1.807) is 0 Å². The van der Waals surface area contributed by atoms with Crippen molar-refractivity contribution in [2.45, 2.75) is 29.7 Å². The number of hydrogen-bond acceptors (Lipinski definition) is 4. The molecule has 3 atom stereocenters. The minimum atomic E-state index is -4.90. The number of hydrazine groups is 1. The highest BCUT2D eigenvalue weighted by Crippen LogP contribution is 2.52. The lowest BCUT2D eigenvalue weighted by atomic mass is 9.86. The summed E-state index contributed by atoms with van der Waals surface area (Å²) in [6, 6.07) is 6.21. The Bertz CT molecular complexity index is 1180. The first kappa shape index (κ1) is 25.4. The number of carbonyl (C=O) groups excluding carboxylic acids is 1. The van der Waals surface area contributed by atoms with Crippen LogP contribution in [0.5, 0.6) is 0 Å². The first-order chi connectivity index (χ1) is 15.7. The minimum Gasteiger partial charge on any atom is -0.374 e. The molecule has 2 aromatic carbocycles. The molecule has 0 aromatic heterocycles. The lowest BCUT2D eigenvalue weighted by Crippen LogP contribution is -2.42. The summed E-state index contributed by atoms with van der Waals surface area (Å²) in [5.74, 6) is -1.73. The highest BCUT2D eigenvalue weighted by atomic mass is 35.5. The highest BCUT2D eigenvalue weighted by Gasteiger charge is 2.62. The Balaban J connectivity index is 1.59. The molecule has 2 N–H and O–H groups in total. The standard InChI is InChI=1S/C20H12Cl5F4N3O2/c21-11-2-1-8(3-14(11)30-31-17(33)10-6-19(10,25)26)15-7-18(34-32-15,20(27,28)29)9-4-12(22)16(24)13(23)5-9/h1-5,10,30H,6-7H2,(H,31,33)/t10-,18-,19-/m1/s1. The Morgan fingerprint density at radius 1 is 1.09 bits per heavy atom. The van der Waals surface area contributed by atoms with Gasteiger partial charge in [-0.3, -0.25) is 15.6 Å². The molecule has 1 aliphatic heterocycles. The molecular weight excluding hydrogens is 567 g/mol. The lowest BCUT2D eigenvalue weighted by Gasteiger charge is -2.30. The predicted molar refractivity (Wildman–Crippen MR) is 122 cm³/mol. The first-order valence-electron chi connectivity index (χ1n) is 9.45. The van der Waals surface area contributed by atoms with Gasteiger partial charge >= 0.3 is 6.18 Å². The number of hydrogen-bond donors (Lipinski definition) is 2. The fraction of sp³-hybridized carbons (Fsp3) is 0.300. The fourth-order valence-electron chi connectivity index (χ4n) is 3.36. The summed E-state index contributed by atoms with van der Waals surface area (Å²) in [5.41, 5.74) is 1.85. The van der Waals surface area contributed by atoms with Crippen LogP contribution < -0.4 is 10.9 Å². The number of carbonyl (C=O) groups is 1. The zero-order valence-electron chi connectivity index (χ0n) is 16.5. The molecule has 34 heavy (non-hydrogen) atoms. The van der Waals surface area contributed by atoms with Crippen LogP contribution in [0.2, 0.25) is 20.1 Å². The number of amides is 1. The summed E-state index contributed by atoms with van der Waals surface area (Å²) in [6.45, 7) is 0. The second-order valence-electron chi connectivity index (χ2n) is 7.71. The van der Waals surface area contributed by atoms with Gasteiger partial charge in [0.25, 0.3) is 5.60 Å². The van der Waals surface area contributed by atoms with Crippen molar-refractivity contribution in [1.82, 2.24) is 5.43 Å². The summed E-state index contributed by atoms with van der Waals surface area (Å²) in [5, 5.41) is 1.25. The Morgan fingerprint density at radius 3 is 2.26 bits per heavy atom. The molecule has 182 valence electrons. The van der Waals surface area contributed by atoms with Crippen LogP contribution in [-0.4, -0.2) is 22.9 Å². The fourth-order valence-corrected chi connectivity index (χ4v) is 4.38. The molecule has 1 fully saturated rings. The molecule has 2 aromatic rings. The lowest BCUT2D eigenvalue weighted by molar-refractivity contribution is -0.275. The summed E-state index contributed by atoms with van der Waals surface area (Å²) in [4.78, 5) is 16.9. The van der Waals surface area contributed by atoms with E-state index in [-0.39, 0.29) is 49.0 Å². The topological polar surface area (TPSA) is 62.7 Å². The maximum atomic E-state index is 14.2. The van der Waals surface area contributed by atoms with Gasteiger partial charge in [-0.1, -0.05) is 69.2 Å². The zero-order chi connectivity index (χ0) is 25.1. The number of rotatable bonds is 5. The van der Waals surface area contributed by atoms with E-state index in [1.807, 2.05) is 0 Å². The normalized spacial score (nSPS) is 26.0. The van der Waals surface area contributed by atoms with Crippen LogP contribution >= 0.6 is 58.0 Å². The third kappa shape index (κ3) is 4.60. The molecule has 1 amide bonds. The molecule has 0 bridgehead atoms. The van der Waals surface area contributed by atoms with Crippen molar-refractivity contribution in [2.75, 3.05) is 5.43 Å². The molecule has 0 unspecified atom stereocenters. The van der Waals surface area contributed by atoms with Crippen LogP contribution in [0.1, 0.15) is 24.0 Å². The van der Waals surface area contributed by atoms with Gasteiger partial charge in [0.1, 0.15) is 0 Å². The van der Waals surface area contributed by atoms with Crippen molar-refractivity contribution in [3.63, 3.8) is 0 Å². The van der Waals surface area contributed by atoms with Gasteiger partial charge in [0, 0.05) is 24.0 Å². The Kier molecular flexibility index (Phi) is 6.57. The average molecular weight is 580 g/mol. The average Bonchev–Trinajstić information content (AvgIpc) is 3.17. The zero-order valence-corrected chi connectivity index (χ0v) is 20.3. The van der Waals surface area contributed by atoms with Crippen molar-refractivity contribution >= 4 is 75.3 Å². The van der Waals surface area contributed by atoms with Crippen LogP contribution in [-0.2, 0) is 15.2 Å². The maximum absolute atomic E-state index is 14.2. The SMILES string of the molecule is O=C(NNc1cc(C2=NO[C@](c3cc(Cl)c(Cl)c(Cl)c3)(C(F)(F)F)C2)ccc1Cl)[C@H]1C[C@]1(F)Cl. The number of anilines is 1.